The number of fused-ring (bicyclic) bond motifs is 1. The van der Waals surface area contributed by atoms with Crippen molar-refractivity contribution in [3.05, 3.63) is 47.2 Å². The van der Waals surface area contributed by atoms with Crippen molar-refractivity contribution in [2.45, 2.75) is 77.7 Å². The molecular formula is C30H42BrN5O3Si. The van der Waals surface area contributed by atoms with Crippen LogP contribution in [0.3, 0.4) is 0 Å². The van der Waals surface area contributed by atoms with Gasteiger partial charge in [0.25, 0.3) is 0 Å². The molecule has 1 N–H and O–H groups in total. The number of hydrogen-bond donors (Lipinski definition) is 1. The smallest absolute Gasteiger partial charge is 0.410 e. The molecule has 40 heavy (non-hydrogen) atoms. The van der Waals surface area contributed by atoms with Gasteiger partial charge in [-0.15, -0.1) is 0 Å². The molecule has 4 rings (SSSR count). The monoisotopic (exact) mass is 627 g/mol. The van der Waals surface area contributed by atoms with Crippen molar-refractivity contribution < 1.29 is 14.3 Å². The summed E-state index contributed by atoms with van der Waals surface area (Å²) in [6, 6.07) is 7.34. The second-order valence-electron chi connectivity index (χ2n) is 12.6. The number of anilines is 1. The molecule has 1 saturated heterocycles. The van der Waals surface area contributed by atoms with E-state index in [0.717, 1.165) is 57.7 Å². The van der Waals surface area contributed by atoms with Gasteiger partial charge in [-0.25, -0.2) is 14.8 Å². The lowest BCUT2D eigenvalue weighted by molar-refractivity contribution is 0.0206. The third kappa shape index (κ3) is 7.73. The zero-order valence-corrected chi connectivity index (χ0v) is 27.2. The SMILES string of the molecule is C=Cc1cnc(N[C@H]2CCCN(C(=O)OC(C)(C)C)C2)nc1-c1cn(COCC[Si](C)(C)C)c2c(Br)cccc12. The number of amides is 1. The van der Waals surface area contributed by atoms with E-state index in [0.29, 0.717) is 25.8 Å². The largest absolute Gasteiger partial charge is 0.444 e. The molecule has 1 fully saturated rings. The number of rotatable bonds is 9. The third-order valence-corrected chi connectivity index (χ3v) is 9.12. The normalized spacial score (nSPS) is 16.3. The van der Waals surface area contributed by atoms with E-state index in [9.17, 15) is 4.79 Å². The minimum absolute atomic E-state index is 0.0268. The molecule has 0 unspecified atom stereocenters. The van der Waals surface area contributed by atoms with Gasteiger partial charge in [0.1, 0.15) is 12.3 Å². The van der Waals surface area contributed by atoms with Crippen molar-refractivity contribution in [3.8, 4) is 11.3 Å². The van der Waals surface area contributed by atoms with Crippen molar-refractivity contribution in [3.63, 3.8) is 0 Å². The fourth-order valence-corrected chi connectivity index (χ4v) is 6.09. The Morgan fingerprint density at radius 3 is 2.77 bits per heavy atom. The summed E-state index contributed by atoms with van der Waals surface area (Å²) in [7, 11) is -1.17. The molecule has 0 aliphatic carbocycles. The Morgan fingerprint density at radius 2 is 2.08 bits per heavy atom. The lowest BCUT2D eigenvalue weighted by atomic mass is 10.1. The highest BCUT2D eigenvalue weighted by molar-refractivity contribution is 9.10. The van der Waals surface area contributed by atoms with E-state index in [1.54, 1.807) is 17.2 Å². The number of nitrogens with zero attached hydrogens (tertiary/aromatic N) is 4. The predicted molar refractivity (Wildman–Crippen MR) is 169 cm³/mol. The summed E-state index contributed by atoms with van der Waals surface area (Å²) >= 11 is 3.75. The van der Waals surface area contributed by atoms with Gasteiger partial charge >= 0.3 is 6.09 Å². The van der Waals surface area contributed by atoms with Crippen molar-refractivity contribution in [2.75, 3.05) is 25.0 Å². The van der Waals surface area contributed by atoms with Crippen LogP contribution in [0.1, 0.15) is 39.2 Å². The Kier molecular flexibility index (Phi) is 9.42. The van der Waals surface area contributed by atoms with E-state index in [1.807, 2.05) is 32.9 Å². The molecular weight excluding hydrogens is 586 g/mol. The number of carbonyl (C=O) groups excluding carboxylic acids is 1. The first-order chi connectivity index (χ1) is 18.8. The molecule has 1 amide bonds. The lowest BCUT2D eigenvalue weighted by Crippen LogP contribution is -2.47. The molecule has 0 radical (unpaired) electrons. The van der Waals surface area contributed by atoms with Crippen LogP contribution in [-0.2, 0) is 16.2 Å². The fourth-order valence-electron chi connectivity index (χ4n) is 4.74. The molecule has 8 nitrogen and oxygen atoms in total. The number of nitrogens with one attached hydrogen (secondary N) is 1. The minimum Gasteiger partial charge on any atom is -0.444 e. The van der Waals surface area contributed by atoms with E-state index < -0.39 is 13.7 Å². The van der Waals surface area contributed by atoms with Crippen LogP contribution in [0.5, 0.6) is 0 Å². The Balaban J connectivity index is 1.59. The van der Waals surface area contributed by atoms with Crippen LogP contribution in [-0.4, -0.2) is 64.9 Å². The first-order valence-electron chi connectivity index (χ1n) is 13.9. The summed E-state index contributed by atoms with van der Waals surface area (Å²) in [6.45, 7) is 19.2. The molecule has 1 aliphatic heterocycles. The molecule has 1 aliphatic rings. The summed E-state index contributed by atoms with van der Waals surface area (Å²) in [4.78, 5) is 24.0. The number of para-hydroxylation sites is 1. The maximum atomic E-state index is 12.7. The average molecular weight is 629 g/mol. The van der Waals surface area contributed by atoms with Crippen molar-refractivity contribution in [2.24, 2.45) is 0 Å². The van der Waals surface area contributed by atoms with Crippen LogP contribution in [0.15, 0.2) is 41.6 Å². The number of halogens is 1. The number of aromatic nitrogens is 3. The van der Waals surface area contributed by atoms with Crippen LogP contribution in [0, 0.1) is 0 Å². The first-order valence-corrected chi connectivity index (χ1v) is 18.4. The van der Waals surface area contributed by atoms with Gasteiger partial charge in [0.05, 0.1) is 11.2 Å². The van der Waals surface area contributed by atoms with E-state index in [-0.39, 0.29) is 12.1 Å². The maximum Gasteiger partial charge on any atom is 0.410 e. The van der Waals surface area contributed by atoms with Gasteiger partial charge in [0.2, 0.25) is 5.95 Å². The van der Waals surface area contributed by atoms with Crippen LogP contribution in [0.2, 0.25) is 25.7 Å². The van der Waals surface area contributed by atoms with E-state index in [1.165, 1.54) is 0 Å². The summed E-state index contributed by atoms with van der Waals surface area (Å²) in [5, 5.41) is 4.54. The number of carbonyl (C=O) groups is 1. The number of likely N-dealkylation sites (tertiary alicyclic amines) is 1. The molecule has 1 atom stereocenters. The number of hydrogen-bond acceptors (Lipinski definition) is 6. The molecule has 0 bridgehead atoms. The van der Waals surface area contributed by atoms with Gasteiger partial charge in [0, 0.05) is 67.2 Å². The molecule has 10 heteroatoms. The minimum atomic E-state index is -1.17. The highest BCUT2D eigenvalue weighted by Gasteiger charge is 2.28. The first kappa shape index (κ1) is 30.3. The Hall–Kier alpha value is -2.69. The van der Waals surface area contributed by atoms with Gasteiger partial charge in [-0.1, -0.05) is 44.4 Å². The molecule has 216 valence electrons. The molecule has 0 saturated carbocycles. The van der Waals surface area contributed by atoms with Crippen molar-refractivity contribution in [1.29, 1.82) is 0 Å². The number of ether oxygens (including phenoxy) is 2. The van der Waals surface area contributed by atoms with Crippen LogP contribution < -0.4 is 5.32 Å². The Labute approximate surface area is 247 Å². The quantitative estimate of drug-likeness (QED) is 0.194. The number of benzene rings is 1. The maximum absolute atomic E-state index is 12.7. The molecule has 1 aromatic carbocycles. The summed E-state index contributed by atoms with van der Waals surface area (Å²) in [5.74, 6) is 0.527. The Morgan fingerprint density at radius 1 is 1.30 bits per heavy atom. The van der Waals surface area contributed by atoms with E-state index >= 15 is 0 Å². The topological polar surface area (TPSA) is 81.5 Å². The van der Waals surface area contributed by atoms with Crippen LogP contribution in [0.25, 0.3) is 28.2 Å². The molecule has 3 aromatic rings. The van der Waals surface area contributed by atoms with Gasteiger partial charge in [-0.05, 0) is 61.7 Å². The fraction of sp³-hybridized carbons (Fsp3) is 0.500. The zero-order valence-electron chi connectivity index (χ0n) is 24.6. The van der Waals surface area contributed by atoms with Gasteiger partial charge < -0.3 is 24.3 Å². The van der Waals surface area contributed by atoms with Gasteiger partial charge in [-0.2, -0.15) is 0 Å². The van der Waals surface area contributed by atoms with Gasteiger partial charge in [-0.3, -0.25) is 0 Å². The Bertz CT molecular complexity index is 1360. The van der Waals surface area contributed by atoms with Crippen molar-refractivity contribution in [1.82, 2.24) is 19.4 Å². The second-order valence-corrected chi connectivity index (χ2v) is 19.1. The van der Waals surface area contributed by atoms with Crippen molar-refractivity contribution >= 4 is 53.0 Å². The van der Waals surface area contributed by atoms with Crippen LogP contribution >= 0.6 is 15.9 Å². The second kappa shape index (κ2) is 12.4. The average Bonchev–Trinajstić information content (AvgIpc) is 3.25. The molecule has 3 heterocycles. The third-order valence-electron chi connectivity index (χ3n) is 6.77. The van der Waals surface area contributed by atoms with Crippen LogP contribution in [0.4, 0.5) is 10.7 Å². The highest BCUT2D eigenvalue weighted by Crippen LogP contribution is 2.36. The number of piperidine rings is 1. The van der Waals surface area contributed by atoms with E-state index in [4.69, 9.17) is 14.5 Å². The highest BCUT2D eigenvalue weighted by atomic mass is 79.9. The summed E-state index contributed by atoms with van der Waals surface area (Å²) in [6.07, 6.45) is 7.21. The lowest BCUT2D eigenvalue weighted by Gasteiger charge is -2.34. The van der Waals surface area contributed by atoms with Gasteiger partial charge in [0.15, 0.2) is 0 Å². The zero-order chi connectivity index (χ0) is 29.1. The molecule has 0 spiro atoms. The van der Waals surface area contributed by atoms with E-state index in [2.05, 4.69) is 69.3 Å². The summed E-state index contributed by atoms with van der Waals surface area (Å²) in [5.41, 5.74) is 3.18. The standard InChI is InChI=1S/C30H42BrN5O3Si/c1-8-21-17-32-28(33-22-11-10-14-35(18-22)29(37)39-30(2,3)4)34-26(21)24-19-36(20-38-15-16-40(5,6)7)27-23(24)12-9-13-25(27)31/h8-9,12-13,17,19,22H,1,10-11,14-16,18,20H2,2-7H3,(H,32,33,34)/t22-/m0/s1. The predicted octanol–water partition coefficient (Wildman–Crippen LogP) is 7.63. The summed E-state index contributed by atoms with van der Waals surface area (Å²) < 4.78 is 14.8. The molecule has 2 aromatic heterocycles.